The normalized spacial score (nSPS) is 16.7. The van der Waals surface area contributed by atoms with Gasteiger partial charge in [0.2, 0.25) is 0 Å². The predicted molar refractivity (Wildman–Crippen MR) is 90.8 cm³/mol. The Bertz CT molecular complexity index is 529. The molecule has 0 fully saturated rings. The van der Waals surface area contributed by atoms with Crippen molar-refractivity contribution in [1.82, 2.24) is 9.97 Å². The summed E-state index contributed by atoms with van der Waals surface area (Å²) in [6.07, 6.45) is 8.80. The van der Waals surface area contributed by atoms with Crippen LogP contribution in [-0.2, 0) is 0 Å². The summed E-state index contributed by atoms with van der Waals surface area (Å²) in [7, 11) is 0. The van der Waals surface area contributed by atoms with Crippen LogP contribution in [0.3, 0.4) is 0 Å². The molecule has 0 bridgehead atoms. The van der Waals surface area contributed by atoms with Crippen molar-refractivity contribution in [3.63, 3.8) is 0 Å². The van der Waals surface area contributed by atoms with Crippen LogP contribution in [0.15, 0.2) is 23.2 Å². The van der Waals surface area contributed by atoms with Crippen molar-refractivity contribution in [2.24, 2.45) is 4.99 Å². The zero-order valence-electron chi connectivity index (χ0n) is 13.4. The summed E-state index contributed by atoms with van der Waals surface area (Å²) in [5, 5.41) is 0. The van der Waals surface area contributed by atoms with Crippen molar-refractivity contribution < 1.29 is 4.74 Å². The molecule has 0 radical (unpaired) electrons. The fourth-order valence-corrected chi connectivity index (χ4v) is 2.37. The highest BCUT2D eigenvalue weighted by molar-refractivity contribution is 5.72. The summed E-state index contributed by atoms with van der Waals surface area (Å²) in [6.45, 7) is 6.61. The first-order chi connectivity index (χ1) is 10.7. The summed E-state index contributed by atoms with van der Waals surface area (Å²) >= 11 is 0. The number of nitrogens with zero attached hydrogens (tertiary/aromatic N) is 4. The van der Waals surface area contributed by atoms with E-state index in [4.69, 9.17) is 10.5 Å². The van der Waals surface area contributed by atoms with Gasteiger partial charge in [0.05, 0.1) is 12.6 Å². The van der Waals surface area contributed by atoms with Crippen LogP contribution in [0.25, 0.3) is 0 Å². The third-order valence-corrected chi connectivity index (χ3v) is 3.52. The number of hydrogen-bond acceptors (Lipinski definition) is 6. The Kier molecular flexibility index (Phi) is 6.18. The topological polar surface area (TPSA) is 76.6 Å². The van der Waals surface area contributed by atoms with Crippen LogP contribution >= 0.6 is 0 Å². The Morgan fingerprint density at radius 1 is 1.36 bits per heavy atom. The lowest BCUT2D eigenvalue weighted by atomic mass is 10.1. The van der Waals surface area contributed by atoms with Gasteiger partial charge < -0.3 is 15.4 Å². The molecule has 120 valence electrons. The molecule has 1 unspecified atom stereocenters. The van der Waals surface area contributed by atoms with Crippen LogP contribution in [0, 0.1) is 0 Å². The Hall–Kier alpha value is -2.11. The summed E-state index contributed by atoms with van der Waals surface area (Å²) < 4.78 is 5.68. The summed E-state index contributed by atoms with van der Waals surface area (Å²) in [4.78, 5) is 15.2. The second-order valence-corrected chi connectivity index (χ2v) is 5.27. The highest BCUT2D eigenvalue weighted by atomic mass is 16.5. The van der Waals surface area contributed by atoms with Crippen molar-refractivity contribution in [3.05, 3.63) is 18.2 Å². The van der Waals surface area contributed by atoms with Crippen molar-refractivity contribution in [3.8, 4) is 6.01 Å². The van der Waals surface area contributed by atoms with E-state index in [0.717, 1.165) is 38.2 Å². The molecular weight excluding hydrogens is 278 g/mol. The van der Waals surface area contributed by atoms with Gasteiger partial charge in [-0.05, 0) is 25.8 Å². The van der Waals surface area contributed by atoms with Crippen molar-refractivity contribution in [2.75, 3.05) is 30.3 Å². The molecule has 0 aliphatic carbocycles. The lowest BCUT2D eigenvalue weighted by Gasteiger charge is -2.21. The Morgan fingerprint density at radius 3 is 2.91 bits per heavy atom. The van der Waals surface area contributed by atoms with E-state index in [1.165, 1.54) is 0 Å². The molecule has 6 heteroatoms. The van der Waals surface area contributed by atoms with Gasteiger partial charge in [-0.3, -0.25) is 4.99 Å². The van der Waals surface area contributed by atoms with Gasteiger partial charge in [0.25, 0.3) is 0 Å². The molecule has 2 N–H and O–H groups in total. The number of aromatic nitrogens is 2. The number of aliphatic imine (C=N–C) groups is 1. The molecule has 2 rings (SSSR count). The SMILES string of the molecule is CCCN(CC)c1cc(N)nc(OCCC2CC=CC=N2)n1. The molecule has 1 atom stereocenters. The van der Waals surface area contributed by atoms with Gasteiger partial charge in [-0.2, -0.15) is 9.97 Å². The quantitative estimate of drug-likeness (QED) is 0.798. The van der Waals surface area contributed by atoms with Gasteiger partial charge in [-0.15, -0.1) is 0 Å². The number of rotatable bonds is 8. The van der Waals surface area contributed by atoms with Crippen LogP contribution < -0.4 is 15.4 Å². The maximum atomic E-state index is 5.87. The highest BCUT2D eigenvalue weighted by Gasteiger charge is 2.11. The lowest BCUT2D eigenvalue weighted by Crippen LogP contribution is -2.25. The number of nitrogen functional groups attached to an aromatic ring is 1. The molecule has 1 aromatic rings. The van der Waals surface area contributed by atoms with E-state index in [1.807, 2.05) is 12.3 Å². The van der Waals surface area contributed by atoms with Crippen molar-refractivity contribution in [2.45, 2.75) is 39.2 Å². The first-order valence-electron chi connectivity index (χ1n) is 7.93. The van der Waals surface area contributed by atoms with E-state index in [1.54, 1.807) is 6.07 Å². The van der Waals surface area contributed by atoms with Crippen LogP contribution in [0.4, 0.5) is 11.6 Å². The van der Waals surface area contributed by atoms with Gasteiger partial charge in [0.1, 0.15) is 11.6 Å². The van der Waals surface area contributed by atoms with Crippen LogP contribution in [0.2, 0.25) is 0 Å². The fraction of sp³-hybridized carbons (Fsp3) is 0.562. The monoisotopic (exact) mass is 303 g/mol. The number of dihydropyridines is 1. The second kappa shape index (κ2) is 8.36. The summed E-state index contributed by atoms with van der Waals surface area (Å²) in [6, 6.07) is 2.43. The van der Waals surface area contributed by atoms with Gasteiger partial charge >= 0.3 is 6.01 Å². The average Bonchev–Trinajstić information content (AvgIpc) is 2.53. The minimum atomic E-state index is 0.290. The van der Waals surface area contributed by atoms with Gasteiger partial charge in [-0.25, -0.2) is 0 Å². The Labute approximate surface area is 132 Å². The predicted octanol–water partition coefficient (Wildman–Crippen LogP) is 2.46. The second-order valence-electron chi connectivity index (χ2n) is 5.27. The maximum Gasteiger partial charge on any atom is 0.320 e. The molecule has 0 aromatic carbocycles. The van der Waals surface area contributed by atoms with Crippen molar-refractivity contribution in [1.29, 1.82) is 0 Å². The largest absolute Gasteiger partial charge is 0.463 e. The highest BCUT2D eigenvalue weighted by Crippen LogP contribution is 2.18. The van der Waals surface area contributed by atoms with E-state index in [-0.39, 0.29) is 6.04 Å². The fourth-order valence-electron chi connectivity index (χ4n) is 2.37. The molecule has 1 aromatic heterocycles. The molecule has 1 aliphatic heterocycles. The van der Waals surface area contributed by atoms with Crippen LogP contribution in [0.1, 0.15) is 33.1 Å². The zero-order chi connectivity index (χ0) is 15.8. The molecular formula is C16H25N5O. The lowest BCUT2D eigenvalue weighted by molar-refractivity contribution is 0.276. The number of hydrogen-bond donors (Lipinski definition) is 1. The minimum Gasteiger partial charge on any atom is -0.463 e. The van der Waals surface area contributed by atoms with E-state index in [2.05, 4.69) is 39.8 Å². The summed E-state index contributed by atoms with van der Waals surface area (Å²) in [5.41, 5.74) is 5.87. The van der Waals surface area contributed by atoms with Gasteiger partial charge in [0, 0.05) is 31.8 Å². The molecule has 6 nitrogen and oxygen atoms in total. The molecule has 0 saturated carbocycles. The van der Waals surface area contributed by atoms with Crippen LogP contribution in [-0.4, -0.2) is 41.9 Å². The van der Waals surface area contributed by atoms with Gasteiger partial charge in [-0.1, -0.05) is 13.0 Å². The number of nitrogens with two attached hydrogens (primary N) is 1. The number of ether oxygens (including phenoxy) is 1. The molecule has 22 heavy (non-hydrogen) atoms. The molecule has 2 heterocycles. The standard InChI is InChI=1S/C16H25N5O/c1-3-10-21(4-2)15-12-14(17)19-16(20-15)22-11-8-13-7-5-6-9-18-13/h5-6,9,12-13H,3-4,7-8,10-11H2,1-2H3,(H2,17,19,20). The van der Waals surface area contributed by atoms with Crippen molar-refractivity contribution >= 4 is 17.9 Å². The summed E-state index contributed by atoms with van der Waals surface area (Å²) in [5.74, 6) is 1.26. The number of anilines is 2. The zero-order valence-corrected chi connectivity index (χ0v) is 13.4. The number of allylic oxidation sites excluding steroid dienone is 1. The first-order valence-corrected chi connectivity index (χ1v) is 7.93. The van der Waals surface area contributed by atoms with E-state index in [9.17, 15) is 0 Å². The average molecular weight is 303 g/mol. The first kappa shape index (κ1) is 16.3. The molecule has 0 amide bonds. The Morgan fingerprint density at radius 2 is 2.23 bits per heavy atom. The minimum absolute atomic E-state index is 0.290. The van der Waals surface area contributed by atoms with E-state index < -0.39 is 0 Å². The Balaban J connectivity index is 1.94. The molecule has 1 aliphatic rings. The maximum absolute atomic E-state index is 5.87. The van der Waals surface area contributed by atoms with E-state index >= 15 is 0 Å². The molecule has 0 spiro atoms. The van der Waals surface area contributed by atoms with E-state index in [0.29, 0.717) is 18.4 Å². The molecule has 0 saturated heterocycles. The van der Waals surface area contributed by atoms with Gasteiger partial charge in [0.15, 0.2) is 0 Å². The smallest absolute Gasteiger partial charge is 0.320 e. The third-order valence-electron chi connectivity index (χ3n) is 3.52. The third kappa shape index (κ3) is 4.72. The van der Waals surface area contributed by atoms with Crippen LogP contribution in [0.5, 0.6) is 6.01 Å².